The van der Waals surface area contributed by atoms with E-state index in [9.17, 15) is 4.39 Å². The first-order chi connectivity index (χ1) is 10.3. The molecule has 0 saturated heterocycles. The number of aromatic nitrogens is 5. The molecule has 0 N–H and O–H groups in total. The number of nitrogens with zero attached hydrogens (tertiary/aromatic N) is 5. The number of pyridine rings is 1. The highest BCUT2D eigenvalue weighted by atomic mass is 19.1. The summed E-state index contributed by atoms with van der Waals surface area (Å²) in [5.74, 6) is 0.130. The van der Waals surface area contributed by atoms with Crippen molar-refractivity contribution in [2.45, 2.75) is 33.3 Å². The molecule has 0 bridgehead atoms. The first-order valence-corrected chi connectivity index (χ1v) is 6.87. The van der Waals surface area contributed by atoms with Crippen molar-refractivity contribution < 1.29 is 9.13 Å². The summed E-state index contributed by atoms with van der Waals surface area (Å²) in [7, 11) is 0. The SMILES string of the molecule is Cc1nnc2ccc(-c3cnc(OC(C)(C)C)c(F)c3)nn12. The van der Waals surface area contributed by atoms with Crippen LogP contribution in [0.1, 0.15) is 26.6 Å². The summed E-state index contributed by atoms with van der Waals surface area (Å²) in [6, 6.07) is 4.89. The third-order valence-corrected chi connectivity index (χ3v) is 2.92. The van der Waals surface area contributed by atoms with Gasteiger partial charge in [-0.1, -0.05) is 0 Å². The van der Waals surface area contributed by atoms with Crippen LogP contribution in [0.4, 0.5) is 4.39 Å². The lowest BCUT2D eigenvalue weighted by Gasteiger charge is -2.20. The van der Waals surface area contributed by atoms with Gasteiger partial charge in [0.05, 0.1) is 5.69 Å². The van der Waals surface area contributed by atoms with Crippen molar-refractivity contribution in [1.29, 1.82) is 0 Å². The molecule has 22 heavy (non-hydrogen) atoms. The number of hydrogen-bond acceptors (Lipinski definition) is 5. The zero-order valence-electron chi connectivity index (χ0n) is 12.8. The highest BCUT2D eigenvalue weighted by molar-refractivity contribution is 5.59. The van der Waals surface area contributed by atoms with Crippen molar-refractivity contribution >= 4 is 5.65 Å². The van der Waals surface area contributed by atoms with Crippen molar-refractivity contribution in [3.8, 4) is 17.1 Å². The van der Waals surface area contributed by atoms with Crippen LogP contribution in [0.5, 0.6) is 5.88 Å². The molecule has 0 radical (unpaired) electrons. The predicted octanol–water partition coefficient (Wildman–Crippen LogP) is 2.81. The molecule has 0 fully saturated rings. The summed E-state index contributed by atoms with van der Waals surface area (Å²) >= 11 is 0. The van der Waals surface area contributed by atoms with Gasteiger partial charge in [0.25, 0.3) is 5.88 Å². The molecule has 3 aromatic rings. The lowest BCUT2D eigenvalue weighted by molar-refractivity contribution is 0.117. The van der Waals surface area contributed by atoms with Gasteiger partial charge in [0, 0.05) is 11.8 Å². The second kappa shape index (κ2) is 5.01. The first kappa shape index (κ1) is 14.4. The molecule has 0 aliphatic rings. The second-order valence-corrected chi connectivity index (χ2v) is 5.96. The van der Waals surface area contributed by atoms with Crippen LogP contribution in [0, 0.1) is 12.7 Å². The summed E-state index contributed by atoms with van der Waals surface area (Å²) in [5, 5.41) is 12.3. The lowest BCUT2D eigenvalue weighted by Crippen LogP contribution is -2.24. The fourth-order valence-corrected chi connectivity index (χ4v) is 1.98. The van der Waals surface area contributed by atoms with Crippen molar-refractivity contribution in [2.75, 3.05) is 0 Å². The van der Waals surface area contributed by atoms with Crippen molar-refractivity contribution in [3.05, 3.63) is 36.0 Å². The number of hydrogen-bond donors (Lipinski definition) is 0. The molecule has 0 atom stereocenters. The fourth-order valence-electron chi connectivity index (χ4n) is 1.98. The average molecular weight is 301 g/mol. The van der Waals surface area contributed by atoms with E-state index >= 15 is 0 Å². The van der Waals surface area contributed by atoms with Crippen LogP contribution in [0.2, 0.25) is 0 Å². The predicted molar refractivity (Wildman–Crippen MR) is 79.1 cm³/mol. The van der Waals surface area contributed by atoms with Crippen molar-refractivity contribution in [2.24, 2.45) is 0 Å². The molecule has 6 nitrogen and oxygen atoms in total. The van der Waals surface area contributed by atoms with E-state index in [1.165, 1.54) is 12.3 Å². The van der Waals surface area contributed by atoms with Crippen LogP contribution < -0.4 is 4.74 Å². The maximum Gasteiger partial charge on any atom is 0.250 e. The van der Waals surface area contributed by atoms with Gasteiger partial charge in [-0.05, 0) is 45.9 Å². The van der Waals surface area contributed by atoms with Crippen LogP contribution in [-0.4, -0.2) is 30.4 Å². The highest BCUT2D eigenvalue weighted by Crippen LogP contribution is 2.24. The summed E-state index contributed by atoms with van der Waals surface area (Å²) in [5.41, 5.74) is 1.28. The molecule has 3 rings (SSSR count). The Labute approximate surface area is 127 Å². The summed E-state index contributed by atoms with van der Waals surface area (Å²) in [6.45, 7) is 7.32. The molecule has 0 aromatic carbocycles. The molecule has 3 heterocycles. The Morgan fingerprint density at radius 1 is 1.18 bits per heavy atom. The Morgan fingerprint density at radius 3 is 2.64 bits per heavy atom. The van der Waals surface area contributed by atoms with Gasteiger partial charge in [-0.15, -0.1) is 10.2 Å². The number of fused-ring (bicyclic) bond motifs is 1. The molecule has 0 unspecified atom stereocenters. The van der Waals surface area contributed by atoms with Crippen LogP contribution in [0.25, 0.3) is 16.9 Å². The molecule has 0 amide bonds. The monoisotopic (exact) mass is 301 g/mol. The van der Waals surface area contributed by atoms with Gasteiger partial charge in [-0.3, -0.25) is 0 Å². The van der Waals surface area contributed by atoms with E-state index in [-0.39, 0.29) is 5.88 Å². The van der Waals surface area contributed by atoms with E-state index in [0.29, 0.717) is 22.7 Å². The topological polar surface area (TPSA) is 65.2 Å². The van der Waals surface area contributed by atoms with Gasteiger partial charge < -0.3 is 4.74 Å². The van der Waals surface area contributed by atoms with Crippen molar-refractivity contribution in [1.82, 2.24) is 24.8 Å². The maximum absolute atomic E-state index is 14.2. The Balaban J connectivity index is 2.00. The van der Waals surface area contributed by atoms with E-state index in [0.717, 1.165) is 0 Å². The summed E-state index contributed by atoms with van der Waals surface area (Å²) in [4.78, 5) is 4.05. The lowest BCUT2D eigenvalue weighted by atomic mass is 10.2. The van der Waals surface area contributed by atoms with Gasteiger partial charge >= 0.3 is 0 Å². The largest absolute Gasteiger partial charge is 0.470 e. The number of aryl methyl sites for hydroxylation is 1. The fraction of sp³-hybridized carbons (Fsp3) is 0.333. The molecule has 0 aliphatic heterocycles. The molecular formula is C15H16FN5O. The summed E-state index contributed by atoms with van der Waals surface area (Å²) < 4.78 is 21.2. The second-order valence-electron chi connectivity index (χ2n) is 5.96. The molecule has 0 spiro atoms. The van der Waals surface area contributed by atoms with Crippen LogP contribution >= 0.6 is 0 Å². The van der Waals surface area contributed by atoms with E-state index in [1.807, 2.05) is 20.8 Å². The van der Waals surface area contributed by atoms with Crippen LogP contribution in [0.3, 0.4) is 0 Å². The smallest absolute Gasteiger partial charge is 0.250 e. The molecule has 0 saturated carbocycles. The Morgan fingerprint density at radius 2 is 1.95 bits per heavy atom. The molecule has 114 valence electrons. The zero-order valence-corrected chi connectivity index (χ0v) is 12.8. The van der Waals surface area contributed by atoms with Crippen LogP contribution in [0.15, 0.2) is 24.4 Å². The standard InChI is InChI=1S/C15H16FN5O/c1-9-18-19-13-6-5-12(20-21(9)13)10-7-11(16)14(17-8-10)22-15(2,3)4/h5-8H,1-4H3. The minimum Gasteiger partial charge on any atom is -0.470 e. The normalized spacial score (nSPS) is 11.9. The van der Waals surface area contributed by atoms with Gasteiger partial charge in [0.1, 0.15) is 5.60 Å². The third kappa shape index (κ3) is 2.74. The molecule has 7 heteroatoms. The average Bonchev–Trinajstić information content (AvgIpc) is 2.81. The van der Waals surface area contributed by atoms with Gasteiger partial charge in [0.15, 0.2) is 17.3 Å². The van der Waals surface area contributed by atoms with Gasteiger partial charge in [-0.25, -0.2) is 9.37 Å². The first-order valence-electron chi connectivity index (χ1n) is 6.87. The van der Waals surface area contributed by atoms with Gasteiger partial charge in [0.2, 0.25) is 0 Å². The number of halogens is 1. The Hall–Kier alpha value is -2.57. The molecular weight excluding hydrogens is 285 g/mol. The highest BCUT2D eigenvalue weighted by Gasteiger charge is 2.17. The van der Waals surface area contributed by atoms with Gasteiger partial charge in [-0.2, -0.15) is 9.61 Å². The minimum atomic E-state index is -0.519. The van der Waals surface area contributed by atoms with E-state index in [4.69, 9.17) is 4.74 Å². The Kier molecular flexibility index (Phi) is 3.27. The third-order valence-electron chi connectivity index (χ3n) is 2.92. The van der Waals surface area contributed by atoms with E-state index in [1.54, 1.807) is 23.6 Å². The summed E-state index contributed by atoms with van der Waals surface area (Å²) in [6.07, 6.45) is 1.54. The number of ether oxygens (including phenoxy) is 1. The van der Waals surface area contributed by atoms with E-state index < -0.39 is 11.4 Å². The molecule has 0 aliphatic carbocycles. The number of rotatable bonds is 2. The van der Waals surface area contributed by atoms with Crippen molar-refractivity contribution in [3.63, 3.8) is 0 Å². The maximum atomic E-state index is 14.2. The minimum absolute atomic E-state index is 0.0159. The Bertz CT molecular complexity index is 838. The molecule has 3 aromatic heterocycles. The van der Waals surface area contributed by atoms with Crippen LogP contribution in [-0.2, 0) is 0 Å². The quantitative estimate of drug-likeness (QED) is 0.728. The zero-order chi connectivity index (χ0) is 15.9. The van der Waals surface area contributed by atoms with E-state index in [2.05, 4.69) is 20.3 Å².